The third-order valence-electron chi connectivity index (χ3n) is 3.48. The Kier molecular flexibility index (Phi) is 4.33. The van der Waals surface area contributed by atoms with Crippen molar-refractivity contribution < 1.29 is 19.4 Å². The summed E-state index contributed by atoms with van der Waals surface area (Å²) in [6, 6.07) is 0. The maximum atomic E-state index is 11.8. The molecule has 1 amide bonds. The van der Waals surface area contributed by atoms with Gasteiger partial charge in [-0.2, -0.15) is 0 Å². The number of hydrogen-bond donors (Lipinski definition) is 2. The number of aromatic carboxylic acids is 1. The van der Waals surface area contributed by atoms with Crippen LogP contribution in [0, 0.1) is 5.41 Å². The van der Waals surface area contributed by atoms with Gasteiger partial charge >= 0.3 is 5.97 Å². The molecule has 1 aromatic heterocycles. The van der Waals surface area contributed by atoms with E-state index < -0.39 is 5.97 Å². The van der Waals surface area contributed by atoms with Crippen LogP contribution in [0.3, 0.4) is 0 Å². The van der Waals surface area contributed by atoms with Crippen molar-refractivity contribution in [3.05, 3.63) is 11.9 Å². The molecule has 0 unspecified atom stereocenters. The van der Waals surface area contributed by atoms with Crippen molar-refractivity contribution >= 4 is 11.9 Å². The SMILES string of the molecule is CC1(CNC(=O)Cn2cc(C(=O)O)nn2)CCOCC1. The summed E-state index contributed by atoms with van der Waals surface area (Å²) in [5.41, 5.74) is -0.114. The van der Waals surface area contributed by atoms with Crippen molar-refractivity contribution in [1.82, 2.24) is 20.3 Å². The molecule has 1 saturated heterocycles. The number of carbonyl (C=O) groups excluding carboxylic acids is 1. The van der Waals surface area contributed by atoms with Crippen molar-refractivity contribution in [3.8, 4) is 0 Å². The van der Waals surface area contributed by atoms with Gasteiger partial charge in [0.2, 0.25) is 5.91 Å². The van der Waals surface area contributed by atoms with Gasteiger partial charge in [-0.25, -0.2) is 9.48 Å². The normalized spacial score (nSPS) is 17.6. The fraction of sp³-hybridized carbons (Fsp3) is 0.667. The Labute approximate surface area is 116 Å². The number of carboxylic acid groups (broad SMARTS) is 1. The van der Waals surface area contributed by atoms with E-state index in [2.05, 4.69) is 22.6 Å². The number of ether oxygens (including phenoxy) is 1. The lowest BCUT2D eigenvalue weighted by Crippen LogP contribution is -2.40. The molecule has 1 aliphatic heterocycles. The van der Waals surface area contributed by atoms with E-state index in [0.717, 1.165) is 26.1 Å². The van der Waals surface area contributed by atoms with Gasteiger partial charge in [0, 0.05) is 19.8 Å². The number of carbonyl (C=O) groups is 2. The van der Waals surface area contributed by atoms with Crippen LogP contribution < -0.4 is 5.32 Å². The minimum atomic E-state index is -1.16. The Balaban J connectivity index is 1.81. The van der Waals surface area contributed by atoms with Crippen molar-refractivity contribution in [1.29, 1.82) is 0 Å². The van der Waals surface area contributed by atoms with Crippen LogP contribution in [-0.4, -0.2) is 51.7 Å². The zero-order valence-electron chi connectivity index (χ0n) is 11.3. The summed E-state index contributed by atoms with van der Waals surface area (Å²) in [4.78, 5) is 22.4. The molecule has 8 heteroatoms. The second kappa shape index (κ2) is 6.00. The van der Waals surface area contributed by atoms with E-state index in [9.17, 15) is 9.59 Å². The third-order valence-corrected chi connectivity index (χ3v) is 3.48. The Bertz CT molecular complexity index is 493. The average molecular weight is 282 g/mol. The van der Waals surface area contributed by atoms with Crippen molar-refractivity contribution in [2.24, 2.45) is 5.41 Å². The first-order valence-electron chi connectivity index (χ1n) is 6.46. The lowest BCUT2D eigenvalue weighted by molar-refractivity contribution is -0.122. The number of nitrogens with zero attached hydrogens (tertiary/aromatic N) is 3. The van der Waals surface area contributed by atoms with Gasteiger partial charge in [-0.15, -0.1) is 5.10 Å². The molecule has 2 heterocycles. The second-order valence-corrected chi connectivity index (χ2v) is 5.31. The van der Waals surface area contributed by atoms with Gasteiger partial charge in [0.1, 0.15) is 6.54 Å². The fourth-order valence-corrected chi connectivity index (χ4v) is 2.03. The summed E-state index contributed by atoms with van der Waals surface area (Å²) < 4.78 is 6.52. The van der Waals surface area contributed by atoms with Gasteiger partial charge in [0.25, 0.3) is 0 Å². The van der Waals surface area contributed by atoms with Crippen LogP contribution in [0.2, 0.25) is 0 Å². The number of aromatic nitrogens is 3. The molecule has 1 fully saturated rings. The highest BCUT2D eigenvalue weighted by atomic mass is 16.5. The second-order valence-electron chi connectivity index (χ2n) is 5.31. The monoisotopic (exact) mass is 282 g/mol. The Morgan fingerprint density at radius 3 is 2.80 bits per heavy atom. The summed E-state index contributed by atoms with van der Waals surface area (Å²) in [6.07, 6.45) is 3.07. The Morgan fingerprint density at radius 2 is 2.20 bits per heavy atom. The van der Waals surface area contributed by atoms with Crippen LogP contribution in [0.15, 0.2) is 6.20 Å². The zero-order valence-corrected chi connectivity index (χ0v) is 11.3. The van der Waals surface area contributed by atoms with Gasteiger partial charge in [-0.1, -0.05) is 12.1 Å². The molecule has 0 saturated carbocycles. The van der Waals surface area contributed by atoms with E-state index in [-0.39, 0.29) is 23.6 Å². The quantitative estimate of drug-likeness (QED) is 0.781. The van der Waals surface area contributed by atoms with Gasteiger partial charge in [-0.05, 0) is 18.3 Å². The largest absolute Gasteiger partial charge is 0.476 e. The first kappa shape index (κ1) is 14.4. The van der Waals surface area contributed by atoms with E-state index in [1.807, 2.05) is 0 Å². The summed E-state index contributed by atoms with van der Waals surface area (Å²) in [5.74, 6) is -1.37. The average Bonchev–Trinajstić information content (AvgIpc) is 2.86. The summed E-state index contributed by atoms with van der Waals surface area (Å²) in [7, 11) is 0. The molecule has 0 atom stereocenters. The van der Waals surface area contributed by atoms with E-state index in [4.69, 9.17) is 9.84 Å². The van der Waals surface area contributed by atoms with Crippen LogP contribution in [-0.2, 0) is 16.1 Å². The first-order valence-corrected chi connectivity index (χ1v) is 6.46. The molecule has 0 bridgehead atoms. The highest BCUT2D eigenvalue weighted by Crippen LogP contribution is 2.28. The topological polar surface area (TPSA) is 106 Å². The van der Waals surface area contributed by atoms with Crippen LogP contribution in [0.4, 0.5) is 0 Å². The molecule has 0 aromatic carbocycles. The highest BCUT2D eigenvalue weighted by Gasteiger charge is 2.27. The minimum absolute atomic E-state index is 0.0349. The molecular weight excluding hydrogens is 264 g/mol. The van der Waals surface area contributed by atoms with Crippen LogP contribution in [0.5, 0.6) is 0 Å². The highest BCUT2D eigenvalue weighted by molar-refractivity contribution is 5.84. The maximum Gasteiger partial charge on any atom is 0.358 e. The van der Waals surface area contributed by atoms with E-state index in [0.29, 0.717) is 6.54 Å². The molecule has 0 spiro atoms. The van der Waals surface area contributed by atoms with E-state index >= 15 is 0 Å². The van der Waals surface area contributed by atoms with Gasteiger partial charge < -0.3 is 15.2 Å². The molecule has 1 aliphatic rings. The molecule has 20 heavy (non-hydrogen) atoms. The molecule has 110 valence electrons. The lowest BCUT2D eigenvalue weighted by Gasteiger charge is -2.33. The predicted octanol–water partition coefficient (Wildman–Crippen LogP) is -0.0908. The zero-order chi connectivity index (χ0) is 14.6. The summed E-state index contributed by atoms with van der Waals surface area (Å²) >= 11 is 0. The van der Waals surface area contributed by atoms with Crippen molar-refractivity contribution in [3.63, 3.8) is 0 Å². The van der Waals surface area contributed by atoms with Gasteiger partial charge in [0.15, 0.2) is 5.69 Å². The molecule has 2 N–H and O–H groups in total. The lowest BCUT2D eigenvalue weighted by atomic mass is 9.82. The maximum absolute atomic E-state index is 11.8. The minimum Gasteiger partial charge on any atom is -0.476 e. The Hall–Kier alpha value is -1.96. The molecule has 8 nitrogen and oxygen atoms in total. The number of hydrogen-bond acceptors (Lipinski definition) is 5. The number of amides is 1. The number of nitrogens with one attached hydrogen (secondary N) is 1. The fourth-order valence-electron chi connectivity index (χ4n) is 2.03. The third kappa shape index (κ3) is 3.77. The number of rotatable bonds is 5. The van der Waals surface area contributed by atoms with Crippen molar-refractivity contribution in [2.45, 2.75) is 26.3 Å². The smallest absolute Gasteiger partial charge is 0.358 e. The molecule has 1 aromatic rings. The van der Waals surface area contributed by atoms with Crippen LogP contribution in [0.1, 0.15) is 30.3 Å². The van der Waals surface area contributed by atoms with E-state index in [1.54, 1.807) is 0 Å². The van der Waals surface area contributed by atoms with Crippen molar-refractivity contribution in [2.75, 3.05) is 19.8 Å². The first-order chi connectivity index (χ1) is 9.48. The molecular formula is C12H18N4O4. The predicted molar refractivity (Wildman–Crippen MR) is 68.2 cm³/mol. The summed E-state index contributed by atoms with van der Waals surface area (Å²) in [6.45, 7) is 4.10. The van der Waals surface area contributed by atoms with Crippen LogP contribution >= 0.6 is 0 Å². The molecule has 0 aliphatic carbocycles. The Morgan fingerprint density at radius 1 is 1.50 bits per heavy atom. The van der Waals surface area contributed by atoms with Gasteiger partial charge in [-0.3, -0.25) is 4.79 Å². The van der Waals surface area contributed by atoms with Gasteiger partial charge in [0.05, 0.1) is 6.20 Å². The molecule has 2 rings (SSSR count). The summed E-state index contributed by atoms with van der Waals surface area (Å²) in [5, 5.41) is 18.6. The number of carboxylic acids is 1. The van der Waals surface area contributed by atoms with Crippen LogP contribution in [0.25, 0.3) is 0 Å². The van der Waals surface area contributed by atoms with E-state index in [1.165, 1.54) is 10.9 Å². The molecule has 0 radical (unpaired) electrons. The standard InChI is InChI=1S/C12H18N4O4/c1-12(2-4-20-5-3-12)8-13-10(17)7-16-6-9(11(18)19)14-15-16/h6H,2-5,7-8H2,1H3,(H,13,17)(H,18,19).